The topological polar surface area (TPSA) is 125 Å². The number of aromatic nitrogens is 2. The zero-order valence-electron chi connectivity index (χ0n) is 15.6. The van der Waals surface area contributed by atoms with E-state index in [1.165, 1.54) is 30.3 Å². The maximum Gasteiger partial charge on any atom is 0.387 e. The van der Waals surface area contributed by atoms with E-state index in [1.54, 1.807) is 6.07 Å². The Morgan fingerprint density at radius 2 is 1.84 bits per heavy atom. The molecule has 0 saturated heterocycles. The molecule has 5 N–H and O–H groups in total. The van der Waals surface area contributed by atoms with Crippen LogP contribution < -0.4 is 27.1 Å². The number of nitrogens with zero attached hydrogens (tertiary/aromatic N) is 2. The molecule has 0 spiro atoms. The number of rotatable bonds is 6. The van der Waals surface area contributed by atoms with Crippen LogP contribution in [0.5, 0.6) is 5.75 Å². The molecule has 0 aliphatic rings. The van der Waals surface area contributed by atoms with Gasteiger partial charge >= 0.3 is 6.61 Å². The lowest BCUT2D eigenvalue weighted by Gasteiger charge is -2.16. The second kappa shape index (κ2) is 9.29. The Morgan fingerprint density at radius 1 is 1.19 bits per heavy atom. The normalized spacial score (nSPS) is 10.9. The summed E-state index contributed by atoms with van der Waals surface area (Å²) < 4.78 is 31.1. The van der Waals surface area contributed by atoms with Crippen molar-refractivity contribution in [3.63, 3.8) is 0 Å². The van der Waals surface area contributed by atoms with Crippen molar-refractivity contribution in [2.45, 2.75) is 13.2 Å². The lowest BCUT2D eigenvalue weighted by molar-refractivity contribution is -0.0499. The van der Waals surface area contributed by atoms with E-state index in [1.807, 2.05) is 0 Å². The van der Waals surface area contributed by atoms with E-state index in [2.05, 4.69) is 15.0 Å². The van der Waals surface area contributed by atoms with Gasteiger partial charge in [-0.25, -0.2) is 4.98 Å². The Balaban J connectivity index is 2.08. The first-order chi connectivity index (χ1) is 14.7. The fraction of sp³-hybridized carbons (Fsp3) is 0.105. The fourth-order valence-electron chi connectivity index (χ4n) is 2.82. The van der Waals surface area contributed by atoms with Crippen molar-refractivity contribution >= 4 is 40.6 Å². The number of nitrogens with two attached hydrogens (primary N) is 2. The van der Waals surface area contributed by atoms with Crippen LogP contribution >= 0.6 is 23.2 Å². The molecule has 162 valence electrons. The van der Waals surface area contributed by atoms with Gasteiger partial charge in [0.2, 0.25) is 0 Å². The first kappa shape index (κ1) is 22.5. The van der Waals surface area contributed by atoms with Crippen molar-refractivity contribution in [3.8, 4) is 11.4 Å². The zero-order chi connectivity index (χ0) is 22.7. The number of benzene rings is 2. The molecule has 0 unspecified atom stereocenters. The first-order valence-electron chi connectivity index (χ1n) is 8.64. The van der Waals surface area contributed by atoms with Crippen molar-refractivity contribution in [1.82, 2.24) is 9.55 Å². The highest BCUT2D eigenvalue weighted by Crippen LogP contribution is 2.31. The van der Waals surface area contributed by atoms with Gasteiger partial charge in [-0.05, 0) is 18.2 Å². The summed E-state index contributed by atoms with van der Waals surface area (Å²) in [6.07, 6.45) is 1.07. The molecule has 8 nitrogen and oxygen atoms in total. The number of ether oxygens (including phenoxy) is 1. The predicted molar refractivity (Wildman–Crippen MR) is 113 cm³/mol. The Labute approximate surface area is 184 Å². The monoisotopic (exact) mass is 469 g/mol. The Kier molecular flexibility index (Phi) is 6.74. The minimum Gasteiger partial charge on any atom is -0.432 e. The van der Waals surface area contributed by atoms with Gasteiger partial charge in [-0.1, -0.05) is 41.4 Å². The number of hydrogen-bond donors (Lipinski definition) is 3. The molecule has 0 fully saturated rings. The second-order valence-electron chi connectivity index (χ2n) is 6.08. The molecule has 31 heavy (non-hydrogen) atoms. The van der Waals surface area contributed by atoms with E-state index in [0.717, 1.165) is 10.9 Å². The fourth-order valence-corrected chi connectivity index (χ4v) is 3.40. The highest BCUT2D eigenvalue weighted by molar-refractivity contribution is 6.37. The minimum absolute atomic E-state index is 0.101. The summed E-state index contributed by atoms with van der Waals surface area (Å²) in [7, 11) is 0. The molecule has 3 aromatic rings. The molecule has 3 rings (SSSR count). The van der Waals surface area contributed by atoms with Crippen LogP contribution in [0.1, 0.15) is 15.9 Å². The molecular weight excluding hydrogens is 455 g/mol. The maximum absolute atomic E-state index is 13.0. The minimum atomic E-state index is -3.16. The number of nitrogen functional groups attached to an aromatic ring is 1. The molecule has 1 heterocycles. The van der Waals surface area contributed by atoms with Gasteiger partial charge in [0, 0.05) is 12.1 Å². The lowest BCUT2D eigenvalue weighted by atomic mass is 10.1. The van der Waals surface area contributed by atoms with Gasteiger partial charge in [0.05, 0.1) is 21.4 Å². The number of alkyl halides is 2. The zero-order valence-corrected chi connectivity index (χ0v) is 17.1. The number of amides is 1. The average molecular weight is 470 g/mol. The SMILES string of the molecule is NCc1cccc(NC(=O)c2c(N)ncn(-c3c(Cl)cccc3Cl)c2=O)c1OC(F)F. The van der Waals surface area contributed by atoms with Gasteiger partial charge in [-0.2, -0.15) is 8.78 Å². The van der Waals surface area contributed by atoms with Crippen LogP contribution in [0, 0.1) is 0 Å². The number of anilines is 2. The summed E-state index contributed by atoms with van der Waals surface area (Å²) >= 11 is 12.3. The Hall–Kier alpha value is -3.21. The summed E-state index contributed by atoms with van der Waals surface area (Å²) in [5.74, 6) is -1.71. The summed E-state index contributed by atoms with van der Waals surface area (Å²) in [6, 6.07) is 8.81. The van der Waals surface area contributed by atoms with Gasteiger partial charge in [0.15, 0.2) is 5.75 Å². The summed E-state index contributed by atoms with van der Waals surface area (Å²) in [4.78, 5) is 29.7. The third kappa shape index (κ3) is 4.61. The van der Waals surface area contributed by atoms with Gasteiger partial charge in [0.25, 0.3) is 11.5 Å². The van der Waals surface area contributed by atoms with Crippen LogP contribution in [0.2, 0.25) is 10.0 Å². The first-order valence-corrected chi connectivity index (χ1v) is 9.39. The van der Waals surface area contributed by atoms with E-state index in [0.29, 0.717) is 0 Å². The molecular formula is C19H15Cl2F2N5O3. The van der Waals surface area contributed by atoms with Crippen LogP contribution in [-0.4, -0.2) is 22.1 Å². The number of carbonyl (C=O) groups is 1. The summed E-state index contributed by atoms with van der Waals surface area (Å²) in [5.41, 5.74) is 10.1. The number of para-hydroxylation sites is 2. The van der Waals surface area contributed by atoms with Crippen molar-refractivity contribution in [2.24, 2.45) is 5.73 Å². The molecule has 0 bridgehead atoms. The molecule has 2 aromatic carbocycles. The van der Waals surface area contributed by atoms with Gasteiger partial charge in [-0.3, -0.25) is 14.2 Å². The van der Waals surface area contributed by atoms with E-state index in [9.17, 15) is 18.4 Å². The van der Waals surface area contributed by atoms with E-state index < -0.39 is 23.6 Å². The van der Waals surface area contributed by atoms with E-state index in [-0.39, 0.29) is 45.1 Å². The number of nitrogens with one attached hydrogen (secondary N) is 1. The molecule has 0 radical (unpaired) electrons. The average Bonchev–Trinajstić information content (AvgIpc) is 2.70. The maximum atomic E-state index is 13.0. The highest BCUT2D eigenvalue weighted by Gasteiger charge is 2.23. The van der Waals surface area contributed by atoms with Crippen LogP contribution in [0.3, 0.4) is 0 Å². The molecule has 0 atom stereocenters. The predicted octanol–water partition coefficient (Wildman–Crippen LogP) is 3.43. The second-order valence-corrected chi connectivity index (χ2v) is 6.90. The quantitative estimate of drug-likeness (QED) is 0.507. The van der Waals surface area contributed by atoms with Crippen LogP contribution in [0.4, 0.5) is 20.3 Å². The third-order valence-electron chi connectivity index (χ3n) is 4.18. The smallest absolute Gasteiger partial charge is 0.387 e. The number of hydrogen-bond acceptors (Lipinski definition) is 6. The van der Waals surface area contributed by atoms with Gasteiger partial charge in [0.1, 0.15) is 17.7 Å². The van der Waals surface area contributed by atoms with E-state index in [4.69, 9.17) is 34.7 Å². The van der Waals surface area contributed by atoms with Crippen molar-refractivity contribution < 1.29 is 18.3 Å². The Bertz CT molecular complexity index is 1180. The summed E-state index contributed by atoms with van der Waals surface area (Å²) in [6.45, 7) is -3.29. The van der Waals surface area contributed by atoms with Crippen LogP contribution in [-0.2, 0) is 6.54 Å². The molecule has 12 heteroatoms. The molecule has 1 aromatic heterocycles. The molecule has 0 saturated carbocycles. The van der Waals surface area contributed by atoms with Crippen molar-refractivity contribution in [3.05, 3.63) is 74.3 Å². The molecule has 0 aliphatic carbocycles. The van der Waals surface area contributed by atoms with Gasteiger partial charge < -0.3 is 21.5 Å². The number of carbonyl (C=O) groups excluding carboxylic acids is 1. The highest BCUT2D eigenvalue weighted by atomic mass is 35.5. The number of halogens is 4. The summed E-state index contributed by atoms with van der Waals surface area (Å²) in [5, 5.41) is 2.61. The lowest BCUT2D eigenvalue weighted by Crippen LogP contribution is -2.31. The van der Waals surface area contributed by atoms with Crippen LogP contribution in [0.25, 0.3) is 5.69 Å². The largest absolute Gasteiger partial charge is 0.432 e. The Morgan fingerprint density at radius 3 is 2.45 bits per heavy atom. The van der Waals surface area contributed by atoms with Crippen molar-refractivity contribution in [1.29, 1.82) is 0 Å². The van der Waals surface area contributed by atoms with Gasteiger partial charge in [-0.15, -0.1) is 0 Å². The standard InChI is InChI=1S/C19H15Cl2F2N5O3/c20-10-4-2-5-11(21)14(10)28-8-26-16(25)13(18(28)30)17(29)27-12-6-1-3-9(7-24)15(12)31-19(22)23/h1-6,8,19H,7,24-25H2,(H,27,29). The van der Waals surface area contributed by atoms with Crippen LogP contribution in [0.15, 0.2) is 47.5 Å². The third-order valence-corrected chi connectivity index (χ3v) is 4.79. The van der Waals surface area contributed by atoms with Crippen molar-refractivity contribution in [2.75, 3.05) is 11.1 Å². The molecule has 1 amide bonds. The molecule has 0 aliphatic heterocycles. The van der Waals surface area contributed by atoms with E-state index >= 15 is 0 Å².